The maximum absolute atomic E-state index is 12.1. The number of benzene rings is 1. The van der Waals surface area contributed by atoms with Crippen molar-refractivity contribution in [2.45, 2.75) is 6.42 Å². The van der Waals surface area contributed by atoms with Crippen LogP contribution in [0, 0.1) is 0 Å². The predicted octanol–water partition coefficient (Wildman–Crippen LogP) is 1.44. The minimum absolute atomic E-state index is 0.0447. The van der Waals surface area contributed by atoms with Gasteiger partial charge in [0.05, 0.1) is 0 Å². The fraction of sp³-hybridized carbons (Fsp3) is 0.250. The Morgan fingerprint density at radius 3 is 3.00 bits per heavy atom. The minimum atomic E-state index is -0.606. The number of carbonyl (C=O) groups is 1. The van der Waals surface area contributed by atoms with Crippen molar-refractivity contribution in [1.82, 2.24) is 10.6 Å². The van der Waals surface area contributed by atoms with E-state index in [0.717, 1.165) is 24.9 Å². The quantitative estimate of drug-likeness (QED) is 0.661. The number of carbonyl (C=O) groups excluding carboxylic acids is 1. The first-order valence-electron chi connectivity index (χ1n) is 6.94. The van der Waals surface area contributed by atoms with Crippen LogP contribution in [0.15, 0.2) is 51.2 Å². The number of fused-ring (bicyclic) bond motifs is 1. The van der Waals surface area contributed by atoms with Gasteiger partial charge in [0, 0.05) is 18.5 Å². The molecule has 0 spiro atoms. The SMILES string of the molecule is O=C(NCC1=CCNCC1)c1cc2ccccc2oc1=O. The lowest BCUT2D eigenvalue weighted by Gasteiger charge is -2.14. The Bertz CT molecular complexity index is 761. The topological polar surface area (TPSA) is 71.3 Å². The van der Waals surface area contributed by atoms with Gasteiger partial charge in [0.25, 0.3) is 5.91 Å². The molecule has 0 aliphatic carbocycles. The van der Waals surface area contributed by atoms with Gasteiger partial charge >= 0.3 is 5.63 Å². The summed E-state index contributed by atoms with van der Waals surface area (Å²) in [4.78, 5) is 24.0. The molecule has 0 bridgehead atoms. The highest BCUT2D eigenvalue weighted by molar-refractivity contribution is 5.96. The van der Waals surface area contributed by atoms with E-state index < -0.39 is 11.5 Å². The molecule has 1 aromatic carbocycles. The highest BCUT2D eigenvalue weighted by atomic mass is 16.4. The molecule has 2 heterocycles. The summed E-state index contributed by atoms with van der Waals surface area (Å²) in [6.45, 7) is 2.20. The zero-order chi connectivity index (χ0) is 14.7. The van der Waals surface area contributed by atoms with E-state index in [1.54, 1.807) is 18.2 Å². The van der Waals surface area contributed by atoms with E-state index in [9.17, 15) is 9.59 Å². The third kappa shape index (κ3) is 3.03. The van der Waals surface area contributed by atoms with Gasteiger partial charge in [-0.05, 0) is 25.1 Å². The monoisotopic (exact) mass is 284 g/mol. The van der Waals surface area contributed by atoms with Crippen LogP contribution < -0.4 is 16.3 Å². The van der Waals surface area contributed by atoms with Gasteiger partial charge in [-0.15, -0.1) is 0 Å². The van der Waals surface area contributed by atoms with Crippen molar-refractivity contribution in [2.24, 2.45) is 0 Å². The molecule has 0 radical (unpaired) electrons. The maximum Gasteiger partial charge on any atom is 0.349 e. The van der Waals surface area contributed by atoms with Crippen molar-refractivity contribution < 1.29 is 9.21 Å². The summed E-state index contributed by atoms with van der Waals surface area (Å²) in [5.41, 5.74) is 1.10. The molecule has 5 heteroatoms. The van der Waals surface area contributed by atoms with Crippen molar-refractivity contribution in [3.63, 3.8) is 0 Å². The molecule has 108 valence electrons. The summed E-state index contributed by atoms with van der Waals surface area (Å²) in [6, 6.07) is 8.72. The number of rotatable bonds is 3. The second kappa shape index (κ2) is 5.93. The van der Waals surface area contributed by atoms with E-state index in [1.807, 2.05) is 12.1 Å². The van der Waals surface area contributed by atoms with Crippen LogP contribution in [0.4, 0.5) is 0 Å². The van der Waals surface area contributed by atoms with Crippen molar-refractivity contribution in [3.05, 3.63) is 58.0 Å². The Hall–Kier alpha value is -2.40. The number of nitrogens with one attached hydrogen (secondary N) is 2. The first-order chi connectivity index (χ1) is 10.2. The van der Waals surface area contributed by atoms with Crippen LogP contribution in [0.3, 0.4) is 0 Å². The molecule has 0 fully saturated rings. The molecular weight excluding hydrogens is 268 g/mol. The highest BCUT2D eigenvalue weighted by Gasteiger charge is 2.14. The summed E-state index contributed by atoms with van der Waals surface area (Å²) in [6.07, 6.45) is 2.97. The first kappa shape index (κ1) is 13.6. The van der Waals surface area contributed by atoms with Gasteiger partial charge < -0.3 is 15.1 Å². The van der Waals surface area contributed by atoms with E-state index in [4.69, 9.17) is 4.42 Å². The fourth-order valence-corrected chi connectivity index (χ4v) is 2.34. The zero-order valence-corrected chi connectivity index (χ0v) is 11.5. The summed E-state index contributed by atoms with van der Waals surface area (Å²) in [7, 11) is 0. The summed E-state index contributed by atoms with van der Waals surface area (Å²) < 4.78 is 5.16. The molecule has 0 saturated heterocycles. The molecule has 21 heavy (non-hydrogen) atoms. The molecule has 0 saturated carbocycles. The van der Waals surface area contributed by atoms with Gasteiger partial charge in [-0.2, -0.15) is 0 Å². The number of amides is 1. The van der Waals surface area contributed by atoms with Gasteiger partial charge in [0.15, 0.2) is 0 Å². The van der Waals surface area contributed by atoms with Gasteiger partial charge in [0.1, 0.15) is 11.1 Å². The van der Waals surface area contributed by atoms with Crippen LogP contribution in [-0.4, -0.2) is 25.5 Å². The standard InChI is InChI=1S/C16H16N2O3/c19-15(18-10-11-5-7-17-8-6-11)13-9-12-3-1-2-4-14(12)21-16(13)20/h1-5,9,17H,6-8,10H2,(H,18,19). The second-order valence-corrected chi connectivity index (χ2v) is 4.98. The molecule has 2 aromatic rings. The van der Waals surface area contributed by atoms with Gasteiger partial charge in [0.2, 0.25) is 0 Å². The summed E-state index contributed by atoms with van der Waals surface area (Å²) in [5, 5.41) is 6.73. The lowest BCUT2D eigenvalue weighted by molar-refractivity contribution is 0.0953. The van der Waals surface area contributed by atoms with E-state index >= 15 is 0 Å². The fourth-order valence-electron chi connectivity index (χ4n) is 2.34. The smallest absolute Gasteiger partial charge is 0.349 e. The van der Waals surface area contributed by atoms with E-state index in [2.05, 4.69) is 16.7 Å². The van der Waals surface area contributed by atoms with Crippen LogP contribution in [0.5, 0.6) is 0 Å². The lowest BCUT2D eigenvalue weighted by atomic mass is 10.1. The summed E-state index contributed by atoms with van der Waals surface area (Å²) in [5.74, 6) is -0.395. The highest BCUT2D eigenvalue weighted by Crippen LogP contribution is 2.12. The number of hydrogen-bond acceptors (Lipinski definition) is 4. The molecule has 1 aliphatic heterocycles. The average Bonchev–Trinajstić information content (AvgIpc) is 2.53. The molecule has 3 rings (SSSR count). The van der Waals surface area contributed by atoms with Gasteiger partial charge in [-0.1, -0.05) is 29.8 Å². The van der Waals surface area contributed by atoms with E-state index in [0.29, 0.717) is 12.1 Å². The van der Waals surface area contributed by atoms with E-state index in [-0.39, 0.29) is 5.56 Å². The molecule has 0 unspecified atom stereocenters. The number of para-hydroxylation sites is 1. The maximum atomic E-state index is 12.1. The molecule has 0 atom stereocenters. The first-order valence-corrected chi connectivity index (χ1v) is 6.94. The third-order valence-electron chi connectivity index (χ3n) is 3.52. The number of hydrogen-bond donors (Lipinski definition) is 2. The van der Waals surface area contributed by atoms with Crippen LogP contribution in [0.25, 0.3) is 11.0 Å². The molecular formula is C16H16N2O3. The van der Waals surface area contributed by atoms with Crippen LogP contribution in [-0.2, 0) is 0 Å². The van der Waals surface area contributed by atoms with E-state index in [1.165, 1.54) is 5.57 Å². The Labute approximate surface area is 121 Å². The second-order valence-electron chi connectivity index (χ2n) is 4.98. The largest absolute Gasteiger partial charge is 0.422 e. The van der Waals surface area contributed by atoms with Crippen molar-refractivity contribution in [2.75, 3.05) is 19.6 Å². The molecule has 1 aliphatic rings. The Morgan fingerprint density at radius 1 is 1.33 bits per heavy atom. The van der Waals surface area contributed by atoms with Crippen LogP contribution in [0.2, 0.25) is 0 Å². The minimum Gasteiger partial charge on any atom is -0.422 e. The van der Waals surface area contributed by atoms with Crippen molar-refractivity contribution >= 4 is 16.9 Å². The predicted molar refractivity (Wildman–Crippen MR) is 80.4 cm³/mol. The van der Waals surface area contributed by atoms with Crippen LogP contribution in [0.1, 0.15) is 16.8 Å². The molecule has 1 aromatic heterocycles. The average molecular weight is 284 g/mol. The normalized spacial score (nSPS) is 14.8. The molecule has 5 nitrogen and oxygen atoms in total. The van der Waals surface area contributed by atoms with Gasteiger partial charge in [-0.3, -0.25) is 4.79 Å². The molecule has 2 N–H and O–H groups in total. The zero-order valence-electron chi connectivity index (χ0n) is 11.5. The Balaban J connectivity index is 1.79. The van der Waals surface area contributed by atoms with Crippen LogP contribution >= 0.6 is 0 Å². The van der Waals surface area contributed by atoms with Crippen molar-refractivity contribution in [1.29, 1.82) is 0 Å². The van der Waals surface area contributed by atoms with Gasteiger partial charge in [-0.25, -0.2) is 4.79 Å². The Kier molecular flexibility index (Phi) is 3.83. The lowest BCUT2D eigenvalue weighted by Crippen LogP contribution is -2.32. The summed E-state index contributed by atoms with van der Waals surface area (Å²) >= 11 is 0. The Morgan fingerprint density at radius 2 is 2.19 bits per heavy atom. The van der Waals surface area contributed by atoms with Crippen molar-refractivity contribution in [3.8, 4) is 0 Å². The molecule has 1 amide bonds. The third-order valence-corrected chi connectivity index (χ3v) is 3.52.